The number of nitro benzene ring substituents is 1. The number of hydrogen-bond acceptors (Lipinski definition) is 3. The highest BCUT2D eigenvalue weighted by molar-refractivity contribution is 5.50. The van der Waals surface area contributed by atoms with Crippen LogP contribution >= 0.6 is 0 Å². The van der Waals surface area contributed by atoms with Crippen LogP contribution in [0.1, 0.15) is 0 Å². The van der Waals surface area contributed by atoms with Gasteiger partial charge in [0, 0.05) is 18.2 Å². The van der Waals surface area contributed by atoms with E-state index < -0.39 is 4.92 Å². The number of non-ortho nitro benzene ring substituents is 1. The van der Waals surface area contributed by atoms with Gasteiger partial charge in [-0.2, -0.15) is 0 Å². The minimum atomic E-state index is -0.484. The maximum atomic E-state index is 10.2. The average molecular weight is 149 g/mol. The summed E-state index contributed by atoms with van der Waals surface area (Å²) in [6.45, 7) is 3.23. The molecule has 0 aliphatic carbocycles. The highest BCUT2D eigenvalue weighted by Crippen LogP contribution is 2.17. The van der Waals surface area contributed by atoms with Gasteiger partial charge in [-0.15, -0.1) is 0 Å². The summed E-state index contributed by atoms with van der Waals surface area (Å²) >= 11 is 0. The van der Waals surface area contributed by atoms with E-state index in [0.29, 0.717) is 5.69 Å². The first kappa shape index (κ1) is 7.40. The number of hydrogen-bond donors (Lipinski definition) is 0. The fraction of sp³-hybridized carbons (Fsp3) is 0. The molecule has 0 aliphatic heterocycles. The zero-order valence-electron chi connectivity index (χ0n) is 5.65. The predicted octanol–water partition coefficient (Wildman–Crippen LogP) is 1.73. The van der Waals surface area contributed by atoms with E-state index in [2.05, 4.69) is 17.8 Å². The van der Waals surface area contributed by atoms with E-state index in [1.165, 1.54) is 18.2 Å². The van der Waals surface area contributed by atoms with Crippen LogP contribution in [0.5, 0.6) is 0 Å². The van der Waals surface area contributed by atoms with Crippen molar-refractivity contribution in [1.29, 1.82) is 0 Å². The van der Waals surface area contributed by atoms with E-state index in [0.717, 1.165) is 0 Å². The molecule has 4 heteroatoms. The van der Waals surface area contributed by atoms with Crippen molar-refractivity contribution in [2.45, 2.75) is 0 Å². The minimum absolute atomic E-state index is 0.00569. The van der Waals surface area contributed by atoms with Crippen LogP contribution in [-0.2, 0) is 0 Å². The Hall–Kier alpha value is -1.71. The lowest BCUT2D eigenvalue weighted by atomic mass is 10.3. The molecule has 0 fully saturated rings. The molecule has 0 spiro atoms. The fourth-order valence-electron chi connectivity index (χ4n) is 0.647. The molecule has 0 aliphatic rings. The lowest BCUT2D eigenvalue weighted by Gasteiger charge is -1.90. The monoisotopic (exact) mass is 149 g/mol. The first-order chi connectivity index (χ1) is 5.24. The second-order valence-electron chi connectivity index (χ2n) is 1.85. The van der Waals surface area contributed by atoms with Gasteiger partial charge in [-0.3, -0.25) is 15.1 Å². The topological polar surface area (TPSA) is 55.5 Å². The Kier molecular flexibility index (Phi) is 1.96. The van der Waals surface area contributed by atoms with Crippen molar-refractivity contribution in [3.8, 4) is 0 Å². The summed E-state index contributed by atoms with van der Waals surface area (Å²) < 4.78 is 0. The molecule has 0 bridgehead atoms. The van der Waals surface area contributed by atoms with E-state index >= 15 is 0 Å². The Labute approximate surface area is 63.3 Å². The third-order valence-electron chi connectivity index (χ3n) is 1.15. The van der Waals surface area contributed by atoms with Gasteiger partial charge in [-0.1, -0.05) is 0 Å². The molecule has 1 rings (SSSR count). The lowest BCUT2D eigenvalue weighted by molar-refractivity contribution is -0.384. The van der Waals surface area contributed by atoms with Crippen LogP contribution in [0.25, 0.3) is 0 Å². The molecule has 0 saturated carbocycles. The lowest BCUT2D eigenvalue weighted by Crippen LogP contribution is -1.85. The molecule has 0 unspecified atom stereocenters. The summed E-state index contributed by atoms with van der Waals surface area (Å²) in [6.07, 6.45) is 0. The van der Waals surface area contributed by atoms with Gasteiger partial charge < -0.3 is 0 Å². The Morgan fingerprint density at radius 1 is 1.73 bits per heavy atom. The van der Waals surface area contributed by atoms with Crippen LogP contribution in [0.2, 0.25) is 0 Å². The molecule has 0 N–H and O–H groups in total. The summed E-state index contributed by atoms with van der Waals surface area (Å²) in [5.41, 5.74) is 0.394. The Balaban J connectivity index is 3.10. The number of benzene rings is 1. The molecule has 0 atom stereocenters. The van der Waals surface area contributed by atoms with E-state index in [1.807, 2.05) is 0 Å². The van der Waals surface area contributed by atoms with Crippen molar-refractivity contribution in [2.24, 2.45) is 4.99 Å². The van der Waals surface area contributed by atoms with Crippen molar-refractivity contribution < 1.29 is 4.92 Å². The third-order valence-corrected chi connectivity index (χ3v) is 1.15. The predicted molar refractivity (Wildman–Crippen MR) is 41.1 cm³/mol. The van der Waals surface area contributed by atoms with Crippen LogP contribution in [-0.4, -0.2) is 11.6 Å². The van der Waals surface area contributed by atoms with Crippen LogP contribution in [0.4, 0.5) is 11.4 Å². The molecule has 0 aromatic heterocycles. The van der Waals surface area contributed by atoms with Gasteiger partial charge in [0.15, 0.2) is 0 Å². The Morgan fingerprint density at radius 3 is 3.00 bits per heavy atom. The van der Waals surface area contributed by atoms with Crippen LogP contribution < -0.4 is 0 Å². The van der Waals surface area contributed by atoms with Crippen LogP contribution in [0, 0.1) is 16.2 Å². The summed E-state index contributed by atoms with van der Waals surface area (Å²) in [7, 11) is 0. The minimum Gasteiger partial charge on any atom is -0.264 e. The molecule has 0 amide bonds. The van der Waals surface area contributed by atoms with Gasteiger partial charge in [-0.25, -0.2) is 0 Å². The molecule has 0 saturated heterocycles. The van der Waals surface area contributed by atoms with E-state index in [-0.39, 0.29) is 5.69 Å². The zero-order valence-corrected chi connectivity index (χ0v) is 5.65. The molecule has 1 radical (unpaired) electrons. The largest absolute Gasteiger partial charge is 0.271 e. The van der Waals surface area contributed by atoms with Gasteiger partial charge in [-0.05, 0) is 12.8 Å². The maximum Gasteiger partial charge on any atom is 0.271 e. The highest BCUT2D eigenvalue weighted by Gasteiger charge is 2.03. The molecular weight excluding hydrogens is 144 g/mol. The first-order valence-corrected chi connectivity index (χ1v) is 2.87. The van der Waals surface area contributed by atoms with Gasteiger partial charge in [0.25, 0.3) is 5.69 Å². The Bertz CT molecular complexity index is 296. The van der Waals surface area contributed by atoms with Crippen molar-refractivity contribution in [3.63, 3.8) is 0 Å². The molecule has 11 heavy (non-hydrogen) atoms. The quantitative estimate of drug-likeness (QED) is 0.365. The van der Waals surface area contributed by atoms with Crippen molar-refractivity contribution >= 4 is 18.1 Å². The van der Waals surface area contributed by atoms with Crippen LogP contribution in [0.15, 0.2) is 23.2 Å². The first-order valence-electron chi connectivity index (χ1n) is 2.87. The van der Waals surface area contributed by atoms with E-state index in [9.17, 15) is 10.1 Å². The summed E-state index contributed by atoms with van der Waals surface area (Å²) in [5.74, 6) is 0. The standard InChI is InChI=1S/C7H5N2O2/c1-8-6-3-2-4-7(5-6)9(10)11/h2,4-5H,1H2. The number of nitro groups is 1. The van der Waals surface area contributed by atoms with Gasteiger partial charge in [0.05, 0.1) is 10.6 Å². The van der Waals surface area contributed by atoms with Crippen molar-refractivity contribution in [3.05, 3.63) is 34.4 Å². The smallest absolute Gasteiger partial charge is 0.264 e. The van der Waals surface area contributed by atoms with E-state index in [1.54, 1.807) is 0 Å². The maximum absolute atomic E-state index is 10.2. The number of rotatable bonds is 2. The van der Waals surface area contributed by atoms with Gasteiger partial charge in [0.1, 0.15) is 0 Å². The van der Waals surface area contributed by atoms with Crippen LogP contribution in [0.3, 0.4) is 0 Å². The SMILES string of the molecule is C=Nc1[c]ccc([N+](=O)[O-])c1. The van der Waals surface area contributed by atoms with Crippen molar-refractivity contribution in [1.82, 2.24) is 0 Å². The highest BCUT2D eigenvalue weighted by atomic mass is 16.6. The summed E-state index contributed by atoms with van der Waals surface area (Å²) in [5, 5.41) is 10.2. The normalized spacial score (nSPS) is 9.09. The summed E-state index contributed by atoms with van der Waals surface area (Å²) in [4.78, 5) is 13.2. The fourth-order valence-corrected chi connectivity index (χ4v) is 0.647. The number of aliphatic imine (C=N–C) groups is 1. The average Bonchev–Trinajstić information content (AvgIpc) is 2.05. The molecule has 1 aromatic carbocycles. The van der Waals surface area contributed by atoms with Gasteiger partial charge >= 0.3 is 0 Å². The summed E-state index contributed by atoms with van der Waals surface area (Å²) in [6, 6.07) is 6.79. The molecule has 0 heterocycles. The second kappa shape index (κ2) is 2.92. The van der Waals surface area contributed by atoms with Crippen molar-refractivity contribution in [2.75, 3.05) is 0 Å². The Morgan fingerprint density at radius 2 is 2.45 bits per heavy atom. The van der Waals surface area contributed by atoms with E-state index in [4.69, 9.17) is 0 Å². The third kappa shape index (κ3) is 1.61. The number of nitrogens with zero attached hydrogens (tertiary/aromatic N) is 2. The van der Waals surface area contributed by atoms with Gasteiger partial charge in [0.2, 0.25) is 0 Å². The molecule has 55 valence electrons. The zero-order chi connectivity index (χ0) is 8.27. The molecule has 1 aromatic rings. The molecule has 4 nitrogen and oxygen atoms in total. The second-order valence-corrected chi connectivity index (χ2v) is 1.85. The molecular formula is C7H5N2O2.